The Balaban J connectivity index is 1.27. The Bertz CT molecular complexity index is 1270. The number of carbonyl (C=O) groups is 1. The number of likely N-dealkylation sites (N-methyl/N-ethyl adjacent to an activating group) is 1. The largest absolute Gasteiger partial charge is 0.495 e. The molecule has 1 aliphatic carbocycles. The number of hydrazine groups is 1. The van der Waals surface area contributed by atoms with E-state index >= 15 is 0 Å². The Morgan fingerprint density at radius 1 is 1.05 bits per heavy atom. The first-order valence-electron chi connectivity index (χ1n) is 13.8. The highest BCUT2D eigenvalue weighted by Gasteiger charge is 2.28. The quantitative estimate of drug-likeness (QED) is 0.490. The third kappa shape index (κ3) is 6.81. The van der Waals surface area contributed by atoms with Crippen molar-refractivity contribution in [1.29, 1.82) is 0 Å². The van der Waals surface area contributed by atoms with Gasteiger partial charge < -0.3 is 19.7 Å². The maximum absolute atomic E-state index is 13.0. The fraction of sp³-hybridized carbons (Fsp3) is 0.467. The lowest BCUT2D eigenvalue weighted by atomic mass is 9.99. The molecule has 2 unspecified atom stereocenters. The van der Waals surface area contributed by atoms with E-state index < -0.39 is 0 Å². The second-order valence-electron chi connectivity index (χ2n) is 10.8. The van der Waals surface area contributed by atoms with E-state index in [4.69, 9.17) is 37.7 Å². The summed E-state index contributed by atoms with van der Waals surface area (Å²) in [5.41, 5.74) is 6.66. The highest BCUT2D eigenvalue weighted by atomic mass is 35.5. The number of ether oxygens (including phenoxy) is 2. The lowest BCUT2D eigenvalue weighted by Crippen LogP contribution is -2.52. The number of methoxy groups -OCH3 is 1. The van der Waals surface area contributed by atoms with Crippen molar-refractivity contribution in [1.82, 2.24) is 15.3 Å². The van der Waals surface area contributed by atoms with Crippen molar-refractivity contribution in [2.75, 3.05) is 45.7 Å². The summed E-state index contributed by atoms with van der Waals surface area (Å²) in [6.07, 6.45) is 5.06. The predicted molar refractivity (Wildman–Crippen MR) is 160 cm³/mol. The average molecular weight is 587 g/mol. The van der Waals surface area contributed by atoms with E-state index in [9.17, 15) is 4.79 Å². The topological polar surface area (TPSA) is 78.4 Å². The number of benzene rings is 2. The zero-order chi connectivity index (χ0) is 28.2. The maximum Gasteiger partial charge on any atom is 0.267 e. The van der Waals surface area contributed by atoms with Gasteiger partial charge in [-0.1, -0.05) is 54.4 Å². The van der Waals surface area contributed by atoms with Gasteiger partial charge in [0, 0.05) is 38.3 Å². The maximum atomic E-state index is 13.0. The number of aliphatic imine (C=N–C) groups is 1. The van der Waals surface area contributed by atoms with Crippen LogP contribution in [0.5, 0.6) is 5.75 Å². The standard InChI is InChI=1S/C30H37Cl2N5O3/c1-19-8-9-27(40-22-14-20-6-4-5-7-21(20)15-22)25(32)18-33-29(19)34-26-17-24(31)23(16-28(26)39-3)30(38)35-37-12-10-36(2)11-13-37/h4-7,16-19,22,27H,8-15H2,1-3H3,(H,33,34)(H,35,38)/b25-18+. The second-order valence-corrected chi connectivity index (χ2v) is 11.7. The molecule has 40 heavy (non-hydrogen) atoms. The third-order valence-electron chi connectivity index (χ3n) is 7.89. The fourth-order valence-electron chi connectivity index (χ4n) is 5.41. The first-order valence-corrected chi connectivity index (χ1v) is 14.6. The molecule has 214 valence electrons. The summed E-state index contributed by atoms with van der Waals surface area (Å²) in [5, 5.41) is 6.21. The molecule has 8 nitrogen and oxygen atoms in total. The van der Waals surface area contributed by atoms with E-state index in [1.165, 1.54) is 11.1 Å². The van der Waals surface area contributed by atoms with Gasteiger partial charge in [0.05, 0.1) is 40.6 Å². The first kappa shape index (κ1) is 28.9. The van der Waals surface area contributed by atoms with Crippen LogP contribution in [0.1, 0.15) is 41.3 Å². The molecule has 2 aliphatic heterocycles. The SMILES string of the molecule is COc1cc(C(=O)NN2CCN(C)CC2)c(Cl)cc1NC1=N/C=C(/Cl)C(OC2Cc3ccccc3C2)CCC1C. The van der Waals surface area contributed by atoms with Gasteiger partial charge in [-0.05, 0) is 56.0 Å². The summed E-state index contributed by atoms with van der Waals surface area (Å²) in [7, 11) is 3.64. The van der Waals surface area contributed by atoms with E-state index in [0.717, 1.165) is 57.7 Å². The van der Waals surface area contributed by atoms with Gasteiger partial charge in [-0.15, -0.1) is 0 Å². The zero-order valence-corrected chi connectivity index (χ0v) is 24.8. The molecule has 0 aromatic heterocycles. The molecule has 0 bridgehead atoms. The fourth-order valence-corrected chi connectivity index (χ4v) is 5.87. The Morgan fingerprint density at radius 3 is 2.42 bits per heavy atom. The summed E-state index contributed by atoms with van der Waals surface area (Å²) in [6.45, 7) is 5.41. The van der Waals surface area contributed by atoms with Crippen LogP contribution in [-0.2, 0) is 17.6 Å². The van der Waals surface area contributed by atoms with Crippen molar-refractivity contribution in [3.05, 3.63) is 69.3 Å². The molecular formula is C30H37Cl2N5O3. The minimum atomic E-state index is -0.262. The second kappa shape index (κ2) is 12.9. The number of fused-ring (bicyclic) bond motifs is 1. The van der Waals surface area contributed by atoms with E-state index in [1.807, 2.05) is 5.01 Å². The smallest absolute Gasteiger partial charge is 0.267 e. The molecule has 3 aliphatic rings. The van der Waals surface area contributed by atoms with Gasteiger partial charge in [0.1, 0.15) is 11.6 Å². The molecule has 0 radical (unpaired) electrons. The predicted octanol–water partition coefficient (Wildman–Crippen LogP) is 5.11. The van der Waals surface area contributed by atoms with Gasteiger partial charge in [0.25, 0.3) is 5.91 Å². The molecule has 0 spiro atoms. The van der Waals surface area contributed by atoms with Crippen LogP contribution < -0.4 is 15.5 Å². The normalized spacial score (nSPS) is 23.8. The number of nitrogens with one attached hydrogen (secondary N) is 2. The number of halogens is 2. The number of rotatable bonds is 6. The average Bonchev–Trinajstić information content (AvgIpc) is 3.36. The minimum absolute atomic E-state index is 0.108. The first-order chi connectivity index (χ1) is 19.3. The van der Waals surface area contributed by atoms with Crippen molar-refractivity contribution in [2.24, 2.45) is 10.9 Å². The number of carbonyl (C=O) groups excluding carboxylic acids is 1. The van der Waals surface area contributed by atoms with E-state index in [0.29, 0.717) is 27.1 Å². The molecule has 0 saturated carbocycles. The number of hydrogen-bond donors (Lipinski definition) is 2. The number of amidine groups is 1. The van der Waals surface area contributed by atoms with Crippen molar-refractivity contribution >= 4 is 40.6 Å². The van der Waals surface area contributed by atoms with Crippen LogP contribution >= 0.6 is 23.2 Å². The van der Waals surface area contributed by atoms with Crippen molar-refractivity contribution < 1.29 is 14.3 Å². The van der Waals surface area contributed by atoms with E-state index in [1.54, 1.807) is 25.4 Å². The van der Waals surface area contributed by atoms with Crippen LogP contribution in [0.3, 0.4) is 0 Å². The van der Waals surface area contributed by atoms with Crippen molar-refractivity contribution in [3.63, 3.8) is 0 Å². The van der Waals surface area contributed by atoms with Crippen LogP contribution in [0.15, 0.2) is 52.6 Å². The van der Waals surface area contributed by atoms with Crippen LogP contribution in [0.2, 0.25) is 5.02 Å². The van der Waals surface area contributed by atoms with Gasteiger partial charge >= 0.3 is 0 Å². The summed E-state index contributed by atoms with van der Waals surface area (Å²) in [5.74, 6) is 1.09. The molecular weight excluding hydrogens is 549 g/mol. The van der Waals surface area contributed by atoms with Crippen LogP contribution in [0, 0.1) is 5.92 Å². The molecule has 2 aromatic carbocycles. The van der Waals surface area contributed by atoms with E-state index in [2.05, 4.69) is 53.9 Å². The van der Waals surface area contributed by atoms with Crippen LogP contribution in [0.25, 0.3) is 0 Å². The molecule has 2 aromatic rings. The summed E-state index contributed by atoms with van der Waals surface area (Å²) >= 11 is 13.3. The van der Waals surface area contributed by atoms with Gasteiger partial charge in [0.15, 0.2) is 0 Å². The molecule has 2 heterocycles. The summed E-state index contributed by atoms with van der Waals surface area (Å²) in [6, 6.07) is 11.9. The molecule has 2 atom stereocenters. The van der Waals surface area contributed by atoms with Gasteiger partial charge in [-0.3, -0.25) is 10.2 Å². The number of anilines is 1. The third-order valence-corrected chi connectivity index (χ3v) is 8.55. The Hall–Kier alpha value is -2.62. The molecule has 10 heteroatoms. The number of piperazine rings is 1. The molecule has 1 amide bonds. The van der Waals surface area contributed by atoms with Crippen LogP contribution in [0.4, 0.5) is 5.69 Å². The number of amides is 1. The van der Waals surface area contributed by atoms with Crippen molar-refractivity contribution in [2.45, 2.75) is 44.8 Å². The Labute approximate surface area is 246 Å². The molecule has 1 saturated heterocycles. The van der Waals surface area contributed by atoms with Crippen LogP contribution in [-0.4, -0.2) is 74.2 Å². The Kier molecular flexibility index (Phi) is 9.33. The van der Waals surface area contributed by atoms with Gasteiger partial charge in [-0.2, -0.15) is 0 Å². The zero-order valence-electron chi connectivity index (χ0n) is 23.3. The summed E-state index contributed by atoms with van der Waals surface area (Å²) in [4.78, 5) is 19.9. The molecule has 1 fully saturated rings. The number of hydrogen-bond acceptors (Lipinski definition) is 7. The highest BCUT2D eigenvalue weighted by molar-refractivity contribution is 6.34. The van der Waals surface area contributed by atoms with E-state index in [-0.39, 0.29) is 24.0 Å². The summed E-state index contributed by atoms with van der Waals surface area (Å²) < 4.78 is 12.1. The van der Waals surface area contributed by atoms with Gasteiger partial charge in [-0.25, -0.2) is 10.0 Å². The monoisotopic (exact) mass is 585 g/mol. The van der Waals surface area contributed by atoms with Crippen molar-refractivity contribution in [3.8, 4) is 5.75 Å². The number of nitrogens with zero attached hydrogens (tertiary/aromatic N) is 3. The molecule has 2 N–H and O–H groups in total. The Morgan fingerprint density at radius 2 is 1.75 bits per heavy atom. The lowest BCUT2D eigenvalue weighted by molar-refractivity contribution is 0.0113. The van der Waals surface area contributed by atoms with Gasteiger partial charge in [0.2, 0.25) is 0 Å². The highest BCUT2D eigenvalue weighted by Crippen LogP contribution is 2.34. The minimum Gasteiger partial charge on any atom is -0.495 e. The lowest BCUT2D eigenvalue weighted by Gasteiger charge is -2.32. The molecule has 5 rings (SSSR count).